The highest BCUT2D eigenvalue weighted by Gasteiger charge is 2.35. The summed E-state index contributed by atoms with van der Waals surface area (Å²) >= 11 is 0. The van der Waals surface area contributed by atoms with Gasteiger partial charge in [0, 0.05) is 0 Å². The number of esters is 4. The lowest BCUT2D eigenvalue weighted by molar-refractivity contribution is -0.182. The average molecular weight is 817 g/mol. The molecule has 5 rings (SSSR count). The molecule has 5 heterocycles. The number of carbonyl (C=O) groups is 4. The van der Waals surface area contributed by atoms with Crippen LogP contribution in [0.15, 0.2) is 48.5 Å². The van der Waals surface area contributed by atoms with Gasteiger partial charge in [-0.3, -0.25) is 0 Å². The molecule has 0 spiro atoms. The van der Waals surface area contributed by atoms with E-state index in [1.807, 2.05) is 0 Å². The van der Waals surface area contributed by atoms with Crippen molar-refractivity contribution in [2.75, 3.05) is 26.4 Å². The van der Waals surface area contributed by atoms with Crippen LogP contribution in [0, 0.1) is 0 Å². The third kappa shape index (κ3) is 10.0. The van der Waals surface area contributed by atoms with E-state index < -0.39 is 141 Å². The van der Waals surface area contributed by atoms with Gasteiger partial charge in [-0.15, -0.1) is 0 Å². The molecule has 0 radical (unpaired) electrons. The zero-order valence-corrected chi connectivity index (χ0v) is 27.2. The van der Waals surface area contributed by atoms with Crippen molar-refractivity contribution in [1.82, 2.24) is 19.9 Å². The highest BCUT2D eigenvalue weighted by molar-refractivity contribution is 6.19. The summed E-state index contributed by atoms with van der Waals surface area (Å²) in [4.78, 5) is 62.6. The summed E-state index contributed by atoms with van der Waals surface area (Å²) in [5.74, 6) is -6.86. The van der Waals surface area contributed by atoms with Crippen LogP contribution < -0.4 is 21.4 Å². The molecule has 0 saturated carbocycles. The van der Waals surface area contributed by atoms with Crippen LogP contribution in [-0.2, 0) is 38.1 Å². The Morgan fingerprint density at radius 1 is 0.357 bits per heavy atom. The predicted octanol–water partition coefficient (Wildman–Crippen LogP) is 2.53. The van der Waals surface area contributed by atoms with Gasteiger partial charge in [-0.05, 0) is 48.5 Å². The van der Waals surface area contributed by atoms with Gasteiger partial charge in [0.05, 0.1) is 44.2 Å². The van der Waals surface area contributed by atoms with Crippen molar-refractivity contribution < 1.29 is 90.8 Å². The first-order chi connectivity index (χ1) is 25.9. The molecule has 1 aliphatic rings. The fourth-order valence-corrected chi connectivity index (χ4v) is 5.09. The van der Waals surface area contributed by atoms with E-state index in [0.717, 1.165) is 48.5 Å². The topological polar surface area (TPSA) is 168 Å². The number of nitrogens with one attached hydrogen (secondary N) is 4. The Labute approximate surface area is 301 Å². The van der Waals surface area contributed by atoms with Gasteiger partial charge in [0.15, 0.2) is 26.4 Å². The third-order valence-corrected chi connectivity index (χ3v) is 7.18. The number of rotatable bonds is 8. The summed E-state index contributed by atoms with van der Waals surface area (Å²) in [6.45, 7) is -8.56. The van der Waals surface area contributed by atoms with E-state index in [9.17, 15) is 71.9 Å². The molecule has 56 heavy (non-hydrogen) atoms. The van der Waals surface area contributed by atoms with E-state index in [4.69, 9.17) is 0 Å². The molecule has 1 aliphatic heterocycles. The fourth-order valence-electron chi connectivity index (χ4n) is 5.09. The van der Waals surface area contributed by atoms with Crippen molar-refractivity contribution >= 4 is 46.2 Å². The van der Waals surface area contributed by atoms with Crippen LogP contribution in [0.3, 0.4) is 0 Å². The van der Waals surface area contributed by atoms with Crippen LogP contribution in [0.1, 0.15) is 22.8 Å². The Morgan fingerprint density at radius 3 is 0.732 bits per heavy atom. The van der Waals surface area contributed by atoms with Gasteiger partial charge in [0.25, 0.3) is 0 Å². The van der Waals surface area contributed by atoms with Crippen molar-refractivity contribution in [3.63, 3.8) is 0 Å². The average Bonchev–Trinajstić information content (AvgIpc) is 3.90. The van der Waals surface area contributed by atoms with E-state index in [2.05, 4.69) is 38.9 Å². The molecule has 0 amide bonds. The molecule has 300 valence electrons. The number of hydrogen-bond acceptors (Lipinski definition) is 8. The molecule has 0 aromatic carbocycles. The number of hydrogen-bond donors (Lipinski definition) is 4. The summed E-state index contributed by atoms with van der Waals surface area (Å²) in [7, 11) is 0. The van der Waals surface area contributed by atoms with Gasteiger partial charge in [-0.25, -0.2) is 19.2 Å². The number of ether oxygens (including phenoxy) is 4. The van der Waals surface area contributed by atoms with Gasteiger partial charge in [0.2, 0.25) is 0 Å². The van der Waals surface area contributed by atoms with Crippen LogP contribution in [0.2, 0.25) is 0 Å². The Bertz CT molecular complexity index is 2100. The predicted molar refractivity (Wildman–Crippen MR) is 160 cm³/mol. The molecule has 0 fully saturated rings. The zero-order chi connectivity index (χ0) is 41.4. The molecule has 4 aromatic heterocycles. The lowest BCUT2D eigenvalue weighted by atomic mass is 10.2. The monoisotopic (exact) mass is 816 g/mol. The van der Waals surface area contributed by atoms with E-state index >= 15 is 0 Å². The number of halogens is 12. The molecule has 0 unspecified atom stereocenters. The van der Waals surface area contributed by atoms with Gasteiger partial charge in [-0.2, -0.15) is 52.7 Å². The Kier molecular flexibility index (Phi) is 11.0. The highest BCUT2D eigenvalue weighted by Crippen LogP contribution is 2.24. The Morgan fingerprint density at radius 2 is 0.554 bits per heavy atom. The second-order valence-corrected chi connectivity index (χ2v) is 11.4. The first-order valence-corrected chi connectivity index (χ1v) is 15.1. The van der Waals surface area contributed by atoms with Crippen molar-refractivity contribution in [3.05, 3.63) is 92.7 Å². The second-order valence-electron chi connectivity index (χ2n) is 11.4. The van der Waals surface area contributed by atoms with Gasteiger partial charge in [0.1, 0.15) is 22.3 Å². The minimum Gasteiger partial charge on any atom is -0.452 e. The fraction of sp³-hybridized carbons (Fsp3) is 0.250. The summed E-state index contributed by atoms with van der Waals surface area (Å²) in [6.07, 6.45) is -20.2. The van der Waals surface area contributed by atoms with Crippen LogP contribution in [0.5, 0.6) is 0 Å². The minimum atomic E-state index is -5.06. The highest BCUT2D eigenvalue weighted by atomic mass is 19.4. The largest absolute Gasteiger partial charge is 0.452 e. The number of carbonyl (C=O) groups excluding carboxylic acids is 4. The smallest absolute Gasteiger partial charge is 0.422 e. The SMILES string of the molecule is O=C(OCC(F)(F)F)C1=c2ccc([nH]2)=C(C(=O)OCC(F)(F)F)c2ccc([nH]2)C(C(=O)OCC(F)(F)F)=c2ccc([nH]2)=C(C(=O)OCC(F)(F)F)c2ccc1[nH]2. The lowest BCUT2D eigenvalue weighted by Crippen LogP contribution is -2.28. The molecule has 0 atom stereocenters. The van der Waals surface area contributed by atoms with Crippen LogP contribution in [0.25, 0.3) is 22.3 Å². The summed E-state index contributed by atoms with van der Waals surface area (Å²) in [5, 5.41) is -1.97. The van der Waals surface area contributed by atoms with E-state index in [-0.39, 0.29) is 0 Å². The number of aromatic nitrogens is 4. The maximum absolute atomic E-state index is 13.2. The van der Waals surface area contributed by atoms with E-state index in [0.29, 0.717) is 0 Å². The van der Waals surface area contributed by atoms with Crippen molar-refractivity contribution in [2.45, 2.75) is 24.7 Å². The van der Waals surface area contributed by atoms with Gasteiger partial charge in [-0.1, -0.05) is 0 Å². The number of alkyl halides is 12. The molecular weight excluding hydrogens is 796 g/mol. The van der Waals surface area contributed by atoms with Gasteiger partial charge >= 0.3 is 48.6 Å². The first-order valence-electron chi connectivity index (χ1n) is 15.1. The molecule has 24 heteroatoms. The molecule has 12 nitrogen and oxygen atoms in total. The normalized spacial score (nSPS) is 13.8. The quantitative estimate of drug-likeness (QED) is 0.120. The zero-order valence-electron chi connectivity index (χ0n) is 27.2. The number of H-pyrrole nitrogens is 4. The molecule has 4 N–H and O–H groups in total. The first kappa shape index (κ1) is 40.8. The Balaban J connectivity index is 1.87. The van der Waals surface area contributed by atoms with E-state index in [1.165, 1.54) is 0 Å². The van der Waals surface area contributed by atoms with Crippen LogP contribution in [-0.4, -0.2) is 94.9 Å². The summed E-state index contributed by atoms with van der Waals surface area (Å²) in [5.41, 5.74) is -5.17. The van der Waals surface area contributed by atoms with Crippen molar-refractivity contribution in [2.24, 2.45) is 0 Å². The summed E-state index contributed by atoms with van der Waals surface area (Å²) in [6, 6.07) is 7.59. The van der Waals surface area contributed by atoms with Gasteiger partial charge < -0.3 is 38.9 Å². The lowest BCUT2D eigenvalue weighted by Gasteiger charge is -2.11. The molecule has 8 bridgehead atoms. The van der Waals surface area contributed by atoms with Crippen LogP contribution in [0.4, 0.5) is 52.7 Å². The number of fused-ring (bicyclic) bond motifs is 8. The van der Waals surface area contributed by atoms with E-state index in [1.54, 1.807) is 0 Å². The maximum Gasteiger partial charge on any atom is 0.422 e. The molecule has 0 aliphatic carbocycles. The molecule has 0 saturated heterocycles. The third-order valence-electron chi connectivity index (χ3n) is 7.18. The van der Waals surface area contributed by atoms with Crippen molar-refractivity contribution in [3.8, 4) is 0 Å². The standard InChI is InChI=1S/C32H20F12N4O8/c33-29(34,35)9-53-25(49)21-13-1-2-14(45-13)22(26(50)54-10-30(36,37)38)16-5-6-18(47-16)24(28(52)56-12-32(42,43)44)20-8-7-19(48-20)23(17-4-3-15(21)46-17)27(51)55-11-31(39,40)41/h1-8,45-48H,9-12H2. The molecular formula is C32H20F12N4O8. The second kappa shape index (κ2) is 15.1. The van der Waals surface area contributed by atoms with Crippen molar-refractivity contribution in [1.29, 1.82) is 0 Å². The minimum absolute atomic E-state index is 0.494. The Hall–Kier alpha value is -6.36. The van der Waals surface area contributed by atoms with Crippen LogP contribution >= 0.6 is 0 Å². The number of aromatic amines is 4. The maximum atomic E-state index is 13.2. The molecule has 4 aromatic rings. The summed E-state index contributed by atoms with van der Waals surface area (Å²) < 4.78 is 174.